The zero-order valence-electron chi connectivity index (χ0n) is 23.7. The summed E-state index contributed by atoms with van der Waals surface area (Å²) in [6, 6.07) is 16.3. The molecule has 0 radical (unpaired) electrons. The molecule has 1 atom stereocenters. The maximum atomic E-state index is 14.9. The van der Waals surface area contributed by atoms with Crippen LogP contribution in [0.4, 0.5) is 4.39 Å². The van der Waals surface area contributed by atoms with Crippen LogP contribution < -0.4 is 0 Å². The molecular weight excluding hydrogens is 453 g/mol. The first-order chi connectivity index (χ1) is 18.0. The van der Waals surface area contributed by atoms with Crippen LogP contribution in [0, 0.1) is 11.7 Å². The zero-order chi connectivity index (χ0) is 26.6. The molecule has 1 aliphatic rings. The molecular formula is C35H46FN. The molecule has 1 aliphatic carbocycles. The van der Waals surface area contributed by atoms with Crippen LogP contribution in [0.5, 0.6) is 0 Å². The van der Waals surface area contributed by atoms with Gasteiger partial charge in [0, 0.05) is 5.56 Å². The number of halogens is 1. The topological polar surface area (TPSA) is 3.24 Å². The number of allylic oxidation sites excluding steroid dienone is 8. The highest BCUT2D eigenvalue weighted by Crippen LogP contribution is 2.39. The molecule has 1 nitrogen and oxygen atoms in total. The second kappa shape index (κ2) is 14.9. The minimum atomic E-state index is -0.102. The lowest BCUT2D eigenvalue weighted by atomic mass is 9.77. The molecule has 0 saturated heterocycles. The lowest BCUT2D eigenvalue weighted by Crippen LogP contribution is -2.20. The van der Waals surface area contributed by atoms with Gasteiger partial charge in [-0.2, -0.15) is 0 Å². The van der Waals surface area contributed by atoms with Crippen molar-refractivity contribution in [1.29, 1.82) is 0 Å². The molecule has 3 rings (SSSR count). The maximum Gasteiger partial charge on any atom is 0.130 e. The Balaban J connectivity index is 1.74. The minimum Gasteiger partial charge on any atom is -0.306 e. The first kappa shape index (κ1) is 28.9. The first-order valence-electron chi connectivity index (χ1n) is 14.2. The van der Waals surface area contributed by atoms with Gasteiger partial charge in [0.15, 0.2) is 0 Å². The molecule has 0 saturated carbocycles. The monoisotopic (exact) mass is 499 g/mol. The van der Waals surface area contributed by atoms with E-state index in [-0.39, 0.29) is 5.82 Å². The highest BCUT2D eigenvalue weighted by Gasteiger charge is 2.23. The molecule has 0 N–H and O–H groups in total. The summed E-state index contributed by atoms with van der Waals surface area (Å²) in [5, 5.41) is 0. The molecule has 2 aromatic carbocycles. The normalized spacial score (nSPS) is 16.7. The van der Waals surface area contributed by atoms with Crippen molar-refractivity contribution >= 4 is 11.1 Å². The number of nitrogens with zero attached hydrogens (tertiary/aromatic N) is 1. The summed E-state index contributed by atoms with van der Waals surface area (Å²) in [4.78, 5) is 2.42. The Morgan fingerprint density at radius 2 is 1.76 bits per heavy atom. The fraction of sp³-hybridized carbons (Fsp3) is 0.429. The van der Waals surface area contributed by atoms with E-state index in [1.165, 1.54) is 59.2 Å². The van der Waals surface area contributed by atoms with E-state index >= 15 is 0 Å². The summed E-state index contributed by atoms with van der Waals surface area (Å²) in [6.45, 7) is 11.0. The lowest BCUT2D eigenvalue weighted by Gasteiger charge is -2.28. The molecule has 2 heteroatoms. The van der Waals surface area contributed by atoms with Crippen molar-refractivity contribution in [2.75, 3.05) is 20.1 Å². The Hall–Kier alpha value is -2.71. The van der Waals surface area contributed by atoms with Crippen LogP contribution in [0.1, 0.15) is 82.9 Å². The number of hydrogen-bond donors (Lipinski definition) is 0. The van der Waals surface area contributed by atoms with Crippen LogP contribution >= 0.6 is 0 Å². The Labute approximate surface area is 225 Å². The van der Waals surface area contributed by atoms with Gasteiger partial charge in [-0.15, -0.1) is 0 Å². The highest BCUT2D eigenvalue weighted by atomic mass is 19.1. The molecule has 0 heterocycles. The fourth-order valence-electron chi connectivity index (χ4n) is 5.49. The van der Waals surface area contributed by atoms with Crippen LogP contribution in [0.25, 0.3) is 11.1 Å². The Morgan fingerprint density at radius 1 is 1.00 bits per heavy atom. The lowest BCUT2D eigenvalue weighted by molar-refractivity contribution is 0.325. The van der Waals surface area contributed by atoms with Gasteiger partial charge < -0.3 is 4.90 Å². The summed E-state index contributed by atoms with van der Waals surface area (Å²) in [5.41, 5.74) is 8.57. The van der Waals surface area contributed by atoms with Crippen molar-refractivity contribution in [2.24, 2.45) is 5.92 Å². The largest absolute Gasteiger partial charge is 0.306 e. The van der Waals surface area contributed by atoms with E-state index in [0.29, 0.717) is 5.92 Å². The summed E-state index contributed by atoms with van der Waals surface area (Å²) in [5.74, 6) is 0.290. The zero-order valence-corrected chi connectivity index (χ0v) is 23.7. The Kier molecular flexibility index (Phi) is 11.6. The summed E-state index contributed by atoms with van der Waals surface area (Å²) >= 11 is 0. The molecule has 0 spiro atoms. The molecule has 37 heavy (non-hydrogen) atoms. The summed E-state index contributed by atoms with van der Waals surface area (Å²) < 4.78 is 14.9. The van der Waals surface area contributed by atoms with Gasteiger partial charge in [0.25, 0.3) is 0 Å². The summed E-state index contributed by atoms with van der Waals surface area (Å²) in [7, 11) is 2.21. The summed E-state index contributed by atoms with van der Waals surface area (Å²) in [6.07, 6.45) is 16.5. The van der Waals surface area contributed by atoms with Gasteiger partial charge >= 0.3 is 0 Å². The fourth-order valence-corrected chi connectivity index (χ4v) is 5.49. The Morgan fingerprint density at radius 3 is 2.43 bits per heavy atom. The second-order valence-corrected chi connectivity index (χ2v) is 10.5. The van der Waals surface area contributed by atoms with E-state index in [1.54, 1.807) is 12.1 Å². The van der Waals surface area contributed by atoms with Gasteiger partial charge in [-0.1, -0.05) is 85.7 Å². The quantitative estimate of drug-likeness (QED) is 0.196. The first-order valence-corrected chi connectivity index (χ1v) is 14.2. The molecule has 0 aliphatic heterocycles. The van der Waals surface area contributed by atoms with Crippen molar-refractivity contribution in [3.63, 3.8) is 0 Å². The van der Waals surface area contributed by atoms with Gasteiger partial charge in [-0.25, -0.2) is 4.39 Å². The molecule has 1 unspecified atom stereocenters. The third kappa shape index (κ3) is 8.40. The van der Waals surface area contributed by atoms with E-state index in [0.717, 1.165) is 37.8 Å². The van der Waals surface area contributed by atoms with Gasteiger partial charge in [0.2, 0.25) is 0 Å². The molecule has 0 amide bonds. The number of unbranched alkanes of at least 4 members (excludes halogenated alkanes) is 2. The van der Waals surface area contributed by atoms with Crippen molar-refractivity contribution in [3.8, 4) is 0 Å². The third-order valence-electron chi connectivity index (χ3n) is 7.60. The SMILES string of the molecule is CC=CC(=CC)c1ccc(CC2CC(c3ccccc3F)=C(CCCCCN(C)CCC)C=C2C)cc1. The number of rotatable bonds is 13. The van der Waals surface area contributed by atoms with Crippen LogP contribution in [0.3, 0.4) is 0 Å². The van der Waals surface area contributed by atoms with Crippen molar-refractivity contribution in [3.05, 3.63) is 106 Å². The van der Waals surface area contributed by atoms with E-state index < -0.39 is 0 Å². The van der Waals surface area contributed by atoms with Gasteiger partial charge in [-0.3, -0.25) is 0 Å². The van der Waals surface area contributed by atoms with Crippen LogP contribution in [-0.2, 0) is 6.42 Å². The highest BCUT2D eigenvalue weighted by molar-refractivity contribution is 5.74. The van der Waals surface area contributed by atoms with E-state index in [4.69, 9.17) is 0 Å². The van der Waals surface area contributed by atoms with Gasteiger partial charge in [0.1, 0.15) is 5.82 Å². The maximum absolute atomic E-state index is 14.9. The number of benzene rings is 2. The molecule has 198 valence electrons. The van der Waals surface area contributed by atoms with Crippen molar-refractivity contribution in [2.45, 2.75) is 72.6 Å². The minimum absolute atomic E-state index is 0.102. The van der Waals surface area contributed by atoms with Crippen molar-refractivity contribution < 1.29 is 4.39 Å². The van der Waals surface area contributed by atoms with Gasteiger partial charge in [0.05, 0.1) is 0 Å². The van der Waals surface area contributed by atoms with Crippen molar-refractivity contribution in [1.82, 2.24) is 4.90 Å². The Bertz CT molecular complexity index is 1120. The van der Waals surface area contributed by atoms with Crippen LogP contribution in [-0.4, -0.2) is 25.0 Å². The predicted molar refractivity (Wildman–Crippen MR) is 160 cm³/mol. The van der Waals surface area contributed by atoms with Gasteiger partial charge in [-0.05, 0) is 119 Å². The second-order valence-electron chi connectivity index (χ2n) is 10.5. The third-order valence-corrected chi connectivity index (χ3v) is 7.60. The predicted octanol–water partition coefficient (Wildman–Crippen LogP) is 9.67. The molecule has 0 bridgehead atoms. The van der Waals surface area contributed by atoms with E-state index in [9.17, 15) is 4.39 Å². The van der Waals surface area contributed by atoms with Crippen LogP contribution in [0.15, 0.2) is 84.0 Å². The molecule has 0 fully saturated rings. The average Bonchev–Trinajstić information content (AvgIpc) is 2.89. The van der Waals surface area contributed by atoms with Crippen LogP contribution in [0.2, 0.25) is 0 Å². The molecule has 2 aromatic rings. The van der Waals surface area contributed by atoms with E-state index in [2.05, 4.69) is 88.2 Å². The average molecular weight is 500 g/mol. The number of hydrogen-bond acceptors (Lipinski definition) is 1. The van der Waals surface area contributed by atoms with E-state index in [1.807, 2.05) is 12.1 Å². The standard InChI is InChI=1S/C35H46FN/c1-6-14-29(8-3)30-20-18-28(19-21-30)25-32-26-34(33-16-11-12-17-35(33)36)31(24-27(32)4)15-10-9-13-23-37(5)22-7-2/h6,8,11-12,14,16-21,24,32H,7,9-10,13,15,22-23,25-26H2,1-5H3. The molecule has 0 aromatic heterocycles. The smallest absolute Gasteiger partial charge is 0.130 e.